The number of rotatable bonds is 9. The highest BCUT2D eigenvalue weighted by molar-refractivity contribution is 6.31. The average molecular weight is 794 g/mol. The highest BCUT2D eigenvalue weighted by atomic mass is 35.5. The van der Waals surface area contributed by atoms with E-state index in [1.165, 1.54) is 12.8 Å². The summed E-state index contributed by atoms with van der Waals surface area (Å²) in [6, 6.07) is 7.53. The van der Waals surface area contributed by atoms with Gasteiger partial charge in [-0.05, 0) is 160 Å². The molecule has 302 valence electrons. The second-order valence-corrected chi connectivity index (χ2v) is 21.7. The molecular formula is C47H66Cl2N2O4. The van der Waals surface area contributed by atoms with Gasteiger partial charge in [-0.3, -0.25) is 19.1 Å². The molecule has 4 fully saturated rings. The van der Waals surface area contributed by atoms with Crippen molar-refractivity contribution in [2.45, 2.75) is 158 Å². The fraction of sp³-hybridized carbons (Fsp3) is 0.723. The summed E-state index contributed by atoms with van der Waals surface area (Å²) in [5.74, 6) is 1.42. The molecule has 1 N–H and O–H groups in total. The summed E-state index contributed by atoms with van der Waals surface area (Å²) in [6.07, 6.45) is 11.6. The lowest BCUT2D eigenvalue weighted by Gasteiger charge is -2.72. The highest BCUT2D eigenvalue weighted by Crippen LogP contribution is 2.77. The van der Waals surface area contributed by atoms with Crippen molar-refractivity contribution in [3.63, 3.8) is 0 Å². The van der Waals surface area contributed by atoms with E-state index in [1.54, 1.807) is 29.7 Å². The van der Waals surface area contributed by atoms with Gasteiger partial charge in [0.25, 0.3) is 5.56 Å². The van der Waals surface area contributed by atoms with Crippen LogP contribution in [0.15, 0.2) is 40.2 Å². The van der Waals surface area contributed by atoms with Crippen molar-refractivity contribution in [3.05, 3.63) is 61.5 Å². The van der Waals surface area contributed by atoms with Crippen LogP contribution in [0.25, 0.3) is 5.69 Å². The summed E-state index contributed by atoms with van der Waals surface area (Å²) in [5, 5.41) is 10.7. The standard InChI is InChI=1S/C47H66Cl2N2O4/c1-11-50-39(38(49)40(53)51(50)31-14-12-30(48)13-15-31)47-23-19-33(28(2)3)37(47)34-16-17-36-44(8)21-18-29(26-32(52)27-42(4,5)41(54)55)43(6,7)35(44)20-22-46(36,10)45(34,9)24-25-47/h12-15,28-29,34-36H,11,16-27H2,1-10H3,(H,54,55). The first kappa shape index (κ1) is 40.9. The molecule has 5 aliphatic carbocycles. The van der Waals surface area contributed by atoms with Gasteiger partial charge in [0.15, 0.2) is 0 Å². The van der Waals surface area contributed by atoms with Gasteiger partial charge >= 0.3 is 5.97 Å². The summed E-state index contributed by atoms with van der Waals surface area (Å²) in [6.45, 7) is 23.6. The number of carboxylic acid groups (broad SMARTS) is 1. The number of carbonyl (C=O) groups excluding carboxylic acids is 1. The molecule has 0 bridgehead atoms. The Morgan fingerprint density at radius 1 is 0.891 bits per heavy atom. The maximum atomic E-state index is 14.2. The van der Waals surface area contributed by atoms with Crippen LogP contribution in [0.5, 0.6) is 0 Å². The molecule has 8 heteroatoms. The number of ketones is 1. The molecule has 0 aliphatic heterocycles. The smallest absolute Gasteiger partial charge is 0.309 e. The minimum Gasteiger partial charge on any atom is -0.481 e. The van der Waals surface area contributed by atoms with Crippen LogP contribution in [0.3, 0.4) is 0 Å². The molecule has 0 radical (unpaired) electrons. The van der Waals surface area contributed by atoms with E-state index in [4.69, 9.17) is 23.2 Å². The summed E-state index contributed by atoms with van der Waals surface area (Å²) >= 11 is 13.6. The molecule has 2 aromatic rings. The lowest BCUT2D eigenvalue weighted by molar-refractivity contribution is -0.219. The minimum absolute atomic E-state index is 0.00652. The zero-order valence-electron chi connectivity index (χ0n) is 35.2. The number of fused-ring (bicyclic) bond motifs is 7. The minimum atomic E-state index is -1.03. The molecule has 1 aromatic heterocycles. The Labute approximate surface area is 339 Å². The van der Waals surface area contributed by atoms with Gasteiger partial charge in [-0.1, -0.05) is 82.8 Å². The van der Waals surface area contributed by atoms with Crippen molar-refractivity contribution in [2.24, 2.45) is 56.7 Å². The van der Waals surface area contributed by atoms with Gasteiger partial charge in [0.2, 0.25) is 0 Å². The number of aliphatic carboxylic acids is 1. The van der Waals surface area contributed by atoms with E-state index in [-0.39, 0.29) is 50.8 Å². The fourth-order valence-corrected chi connectivity index (χ4v) is 15.0. The van der Waals surface area contributed by atoms with Crippen LogP contribution in [0.1, 0.15) is 152 Å². The largest absolute Gasteiger partial charge is 0.481 e. The zero-order chi connectivity index (χ0) is 40.3. The van der Waals surface area contributed by atoms with Gasteiger partial charge < -0.3 is 5.11 Å². The molecule has 7 rings (SSSR count). The average Bonchev–Trinajstić information content (AvgIpc) is 3.62. The lowest BCUT2D eigenvalue weighted by Crippen LogP contribution is -2.65. The Morgan fingerprint density at radius 3 is 2.18 bits per heavy atom. The van der Waals surface area contributed by atoms with E-state index < -0.39 is 11.4 Å². The maximum absolute atomic E-state index is 14.2. The fourth-order valence-electron chi connectivity index (χ4n) is 14.5. The van der Waals surface area contributed by atoms with E-state index in [1.807, 2.05) is 24.3 Å². The second-order valence-electron chi connectivity index (χ2n) is 20.9. The Bertz CT molecular complexity index is 1970. The van der Waals surface area contributed by atoms with Crippen LogP contribution in [-0.2, 0) is 21.5 Å². The third-order valence-electron chi connectivity index (χ3n) is 17.5. The molecular weight excluding hydrogens is 727 g/mol. The Kier molecular flexibility index (Phi) is 10.1. The Hall–Kier alpha value is -2.31. The van der Waals surface area contributed by atoms with Gasteiger partial charge in [-0.25, -0.2) is 4.68 Å². The second kappa shape index (κ2) is 13.6. The van der Waals surface area contributed by atoms with Gasteiger partial charge in [0.1, 0.15) is 10.8 Å². The quantitative estimate of drug-likeness (QED) is 0.256. The van der Waals surface area contributed by atoms with E-state index in [2.05, 4.69) is 60.1 Å². The van der Waals surface area contributed by atoms with Crippen molar-refractivity contribution in [1.82, 2.24) is 9.36 Å². The number of benzene rings is 1. The first-order chi connectivity index (χ1) is 25.6. The van der Waals surface area contributed by atoms with E-state index in [0.717, 1.165) is 62.7 Å². The van der Waals surface area contributed by atoms with Crippen molar-refractivity contribution in [2.75, 3.05) is 0 Å². The summed E-state index contributed by atoms with van der Waals surface area (Å²) < 4.78 is 3.98. The molecule has 8 atom stereocenters. The van der Waals surface area contributed by atoms with Crippen LogP contribution in [0.2, 0.25) is 10.0 Å². The van der Waals surface area contributed by atoms with Crippen LogP contribution < -0.4 is 5.56 Å². The molecule has 5 aliphatic rings. The number of Topliss-reactive ketones (excluding diaryl/α,β-unsaturated/α-hetero) is 1. The molecule has 1 aromatic carbocycles. The SMILES string of the molecule is CCn1c(C23CCC(C(C)C)=C2C2CCC4C5(C)CCC(CC(=O)CC(C)(C)C(=O)O)C(C)(C)C5CCC4(C)C2(C)CC3)c(Cl)c(=O)n1-c1ccc(Cl)cc1. The number of hydrogen-bond acceptors (Lipinski definition) is 3. The molecule has 8 unspecified atom stereocenters. The number of aromatic nitrogens is 2. The van der Waals surface area contributed by atoms with Crippen molar-refractivity contribution in [1.29, 1.82) is 0 Å². The van der Waals surface area contributed by atoms with Crippen LogP contribution in [-0.4, -0.2) is 26.2 Å². The number of carbonyl (C=O) groups is 2. The maximum Gasteiger partial charge on any atom is 0.309 e. The monoisotopic (exact) mass is 792 g/mol. The van der Waals surface area contributed by atoms with Gasteiger partial charge in [-0.15, -0.1) is 0 Å². The molecule has 4 saturated carbocycles. The predicted molar refractivity (Wildman–Crippen MR) is 223 cm³/mol. The molecule has 6 nitrogen and oxygen atoms in total. The first-order valence-corrected chi connectivity index (χ1v) is 22.1. The molecule has 0 amide bonds. The molecule has 55 heavy (non-hydrogen) atoms. The third kappa shape index (κ3) is 5.85. The third-order valence-corrected chi connectivity index (χ3v) is 18.1. The van der Waals surface area contributed by atoms with Crippen LogP contribution in [0, 0.1) is 56.7 Å². The number of hydrogen-bond donors (Lipinski definition) is 1. The Morgan fingerprint density at radius 2 is 1.56 bits per heavy atom. The topological polar surface area (TPSA) is 81.3 Å². The number of halogens is 2. The van der Waals surface area contributed by atoms with Crippen molar-refractivity contribution >= 4 is 35.0 Å². The number of carboxylic acids is 1. The molecule has 0 saturated heterocycles. The van der Waals surface area contributed by atoms with Crippen LogP contribution in [0.4, 0.5) is 0 Å². The number of allylic oxidation sites excluding steroid dienone is 2. The van der Waals surface area contributed by atoms with E-state index >= 15 is 0 Å². The predicted octanol–water partition coefficient (Wildman–Crippen LogP) is 12.1. The van der Waals surface area contributed by atoms with Gasteiger partial charge in [0.05, 0.1) is 16.8 Å². The van der Waals surface area contributed by atoms with Gasteiger partial charge in [-0.2, -0.15) is 0 Å². The van der Waals surface area contributed by atoms with E-state index in [9.17, 15) is 19.5 Å². The summed E-state index contributed by atoms with van der Waals surface area (Å²) in [4.78, 5) is 39.4. The van der Waals surface area contributed by atoms with Crippen LogP contribution >= 0.6 is 23.2 Å². The highest BCUT2D eigenvalue weighted by Gasteiger charge is 2.70. The molecule has 0 spiro atoms. The molecule has 1 heterocycles. The first-order valence-electron chi connectivity index (χ1n) is 21.4. The summed E-state index contributed by atoms with van der Waals surface area (Å²) in [5.41, 5.74) is 4.01. The van der Waals surface area contributed by atoms with Crippen molar-refractivity contribution < 1.29 is 14.7 Å². The van der Waals surface area contributed by atoms with E-state index in [0.29, 0.717) is 46.7 Å². The normalized spacial score (nSPS) is 35.6. The number of nitrogens with zero attached hydrogens (tertiary/aromatic N) is 2. The zero-order valence-corrected chi connectivity index (χ0v) is 36.7. The van der Waals surface area contributed by atoms with Gasteiger partial charge in [0, 0.05) is 29.8 Å². The van der Waals surface area contributed by atoms with Crippen molar-refractivity contribution in [3.8, 4) is 5.69 Å². The lowest BCUT2D eigenvalue weighted by atomic mass is 9.32. The summed E-state index contributed by atoms with van der Waals surface area (Å²) in [7, 11) is 0. The Balaban J connectivity index is 1.25.